The molecule has 0 atom stereocenters. The minimum absolute atomic E-state index is 0.511. The predicted octanol–water partition coefficient (Wildman–Crippen LogP) is 2.65. The summed E-state index contributed by atoms with van der Waals surface area (Å²) >= 11 is 5.89. The number of aromatic nitrogens is 2. The molecule has 0 fully saturated rings. The van der Waals surface area contributed by atoms with E-state index in [-0.39, 0.29) is 0 Å². The molecule has 0 spiro atoms. The second kappa shape index (κ2) is 6.96. The zero-order chi connectivity index (χ0) is 14.4. The van der Waals surface area contributed by atoms with E-state index in [0.29, 0.717) is 30.0 Å². The standard InChI is InChI=1S/C14H16ClN3O2/c1-18(14-16-7-6-13(17-14)19-2)8-9-20-12-5-3-4-11(15)10-12/h3-7,10H,8-9H2,1-2H3. The van der Waals surface area contributed by atoms with Gasteiger partial charge in [0.05, 0.1) is 13.7 Å². The summed E-state index contributed by atoms with van der Waals surface area (Å²) in [4.78, 5) is 10.3. The van der Waals surface area contributed by atoms with E-state index in [1.807, 2.05) is 30.1 Å². The molecule has 0 amide bonds. The van der Waals surface area contributed by atoms with Crippen molar-refractivity contribution in [2.24, 2.45) is 0 Å². The molecule has 2 aromatic rings. The molecule has 1 aromatic carbocycles. The minimum Gasteiger partial charge on any atom is -0.492 e. The molecular formula is C14H16ClN3O2. The van der Waals surface area contributed by atoms with Gasteiger partial charge in [-0.25, -0.2) is 4.98 Å². The van der Waals surface area contributed by atoms with Crippen molar-refractivity contribution in [2.45, 2.75) is 0 Å². The predicted molar refractivity (Wildman–Crippen MR) is 78.8 cm³/mol. The molecule has 0 aliphatic heterocycles. The Kier molecular flexibility index (Phi) is 5.01. The monoisotopic (exact) mass is 293 g/mol. The number of rotatable bonds is 6. The number of halogens is 1. The van der Waals surface area contributed by atoms with E-state index in [0.717, 1.165) is 5.75 Å². The Morgan fingerprint density at radius 3 is 2.90 bits per heavy atom. The van der Waals surface area contributed by atoms with Gasteiger partial charge in [0.2, 0.25) is 11.8 Å². The molecule has 5 nitrogen and oxygen atoms in total. The lowest BCUT2D eigenvalue weighted by atomic mass is 10.3. The summed E-state index contributed by atoms with van der Waals surface area (Å²) in [6.45, 7) is 1.16. The number of nitrogens with zero attached hydrogens (tertiary/aromatic N) is 3. The van der Waals surface area contributed by atoms with Gasteiger partial charge in [0.25, 0.3) is 0 Å². The molecule has 0 unspecified atom stereocenters. The van der Waals surface area contributed by atoms with Gasteiger partial charge in [-0.15, -0.1) is 0 Å². The van der Waals surface area contributed by atoms with E-state index in [9.17, 15) is 0 Å². The van der Waals surface area contributed by atoms with Crippen molar-refractivity contribution in [1.29, 1.82) is 0 Å². The molecule has 0 aliphatic rings. The first kappa shape index (κ1) is 14.4. The Labute approximate surface area is 123 Å². The van der Waals surface area contributed by atoms with Crippen LogP contribution >= 0.6 is 11.6 Å². The molecule has 106 valence electrons. The van der Waals surface area contributed by atoms with Gasteiger partial charge in [-0.1, -0.05) is 17.7 Å². The van der Waals surface area contributed by atoms with E-state index >= 15 is 0 Å². The third-order valence-corrected chi connectivity index (χ3v) is 2.89. The van der Waals surface area contributed by atoms with Gasteiger partial charge in [-0.2, -0.15) is 4.98 Å². The van der Waals surface area contributed by atoms with Crippen molar-refractivity contribution in [3.63, 3.8) is 0 Å². The highest BCUT2D eigenvalue weighted by atomic mass is 35.5. The Balaban J connectivity index is 1.87. The van der Waals surface area contributed by atoms with Crippen LogP contribution in [0.3, 0.4) is 0 Å². The molecule has 20 heavy (non-hydrogen) atoms. The molecular weight excluding hydrogens is 278 g/mol. The van der Waals surface area contributed by atoms with Crippen LogP contribution in [-0.4, -0.2) is 37.3 Å². The lowest BCUT2D eigenvalue weighted by Gasteiger charge is -2.17. The van der Waals surface area contributed by atoms with Crippen LogP contribution in [0, 0.1) is 0 Å². The molecule has 0 radical (unpaired) electrons. The number of hydrogen-bond donors (Lipinski definition) is 0. The molecule has 0 aliphatic carbocycles. The average molecular weight is 294 g/mol. The Hall–Kier alpha value is -2.01. The van der Waals surface area contributed by atoms with Gasteiger partial charge in [0.15, 0.2) is 0 Å². The van der Waals surface area contributed by atoms with Crippen molar-refractivity contribution in [3.05, 3.63) is 41.6 Å². The maximum atomic E-state index is 5.89. The largest absolute Gasteiger partial charge is 0.492 e. The highest BCUT2D eigenvalue weighted by molar-refractivity contribution is 6.30. The first-order chi connectivity index (χ1) is 9.69. The van der Waals surface area contributed by atoms with Crippen LogP contribution in [0.15, 0.2) is 36.5 Å². The van der Waals surface area contributed by atoms with Crippen LogP contribution in [0.4, 0.5) is 5.95 Å². The summed E-state index contributed by atoms with van der Waals surface area (Å²) in [5.74, 6) is 1.88. The van der Waals surface area contributed by atoms with Crippen LogP contribution < -0.4 is 14.4 Å². The summed E-state index contributed by atoms with van der Waals surface area (Å²) in [5, 5.41) is 0.659. The van der Waals surface area contributed by atoms with Gasteiger partial charge in [0, 0.05) is 24.3 Å². The highest BCUT2D eigenvalue weighted by Gasteiger charge is 2.05. The zero-order valence-corrected chi connectivity index (χ0v) is 12.2. The second-order valence-electron chi connectivity index (χ2n) is 4.13. The molecule has 0 saturated carbocycles. The SMILES string of the molecule is COc1ccnc(N(C)CCOc2cccc(Cl)c2)n1. The van der Waals surface area contributed by atoms with E-state index in [4.69, 9.17) is 21.1 Å². The normalized spacial score (nSPS) is 10.2. The Morgan fingerprint density at radius 1 is 1.30 bits per heavy atom. The fourth-order valence-corrected chi connectivity index (χ4v) is 1.77. The minimum atomic E-state index is 0.511. The Morgan fingerprint density at radius 2 is 2.15 bits per heavy atom. The second-order valence-corrected chi connectivity index (χ2v) is 4.56. The number of methoxy groups -OCH3 is 1. The lowest BCUT2D eigenvalue weighted by molar-refractivity contribution is 0.325. The lowest BCUT2D eigenvalue weighted by Crippen LogP contribution is -2.25. The van der Waals surface area contributed by atoms with Crippen LogP contribution in [0.2, 0.25) is 5.02 Å². The first-order valence-corrected chi connectivity index (χ1v) is 6.53. The molecule has 6 heteroatoms. The van der Waals surface area contributed by atoms with Crippen molar-refractivity contribution < 1.29 is 9.47 Å². The third-order valence-electron chi connectivity index (χ3n) is 2.66. The maximum absolute atomic E-state index is 5.89. The molecule has 1 heterocycles. The zero-order valence-electron chi connectivity index (χ0n) is 11.4. The molecule has 0 N–H and O–H groups in total. The van der Waals surface area contributed by atoms with Crippen LogP contribution in [0.5, 0.6) is 11.6 Å². The van der Waals surface area contributed by atoms with E-state index in [1.54, 1.807) is 25.4 Å². The van der Waals surface area contributed by atoms with Crippen LogP contribution in [-0.2, 0) is 0 Å². The average Bonchev–Trinajstić information content (AvgIpc) is 2.47. The van der Waals surface area contributed by atoms with Gasteiger partial charge < -0.3 is 14.4 Å². The molecule has 0 saturated heterocycles. The summed E-state index contributed by atoms with van der Waals surface area (Å²) in [6.07, 6.45) is 1.66. The van der Waals surface area contributed by atoms with Crippen molar-refractivity contribution >= 4 is 17.5 Å². The molecule has 0 bridgehead atoms. The smallest absolute Gasteiger partial charge is 0.228 e. The number of anilines is 1. The Bertz CT molecular complexity index is 566. The fraction of sp³-hybridized carbons (Fsp3) is 0.286. The molecule has 1 aromatic heterocycles. The highest BCUT2D eigenvalue weighted by Crippen LogP contribution is 2.17. The van der Waals surface area contributed by atoms with Gasteiger partial charge >= 0.3 is 0 Å². The van der Waals surface area contributed by atoms with E-state index in [2.05, 4.69) is 9.97 Å². The van der Waals surface area contributed by atoms with Gasteiger partial charge in [0.1, 0.15) is 12.4 Å². The summed E-state index contributed by atoms with van der Waals surface area (Å²) in [6, 6.07) is 9.02. The topological polar surface area (TPSA) is 47.5 Å². The fourth-order valence-electron chi connectivity index (χ4n) is 1.59. The number of benzene rings is 1. The van der Waals surface area contributed by atoms with Crippen LogP contribution in [0.25, 0.3) is 0 Å². The van der Waals surface area contributed by atoms with Crippen LogP contribution in [0.1, 0.15) is 0 Å². The van der Waals surface area contributed by atoms with Gasteiger partial charge in [-0.05, 0) is 18.2 Å². The van der Waals surface area contributed by atoms with Crippen molar-refractivity contribution in [2.75, 3.05) is 32.2 Å². The van der Waals surface area contributed by atoms with Crippen molar-refractivity contribution in [3.8, 4) is 11.6 Å². The third kappa shape index (κ3) is 3.99. The van der Waals surface area contributed by atoms with Gasteiger partial charge in [-0.3, -0.25) is 0 Å². The number of ether oxygens (including phenoxy) is 2. The number of hydrogen-bond acceptors (Lipinski definition) is 5. The number of likely N-dealkylation sites (N-methyl/N-ethyl adjacent to an activating group) is 1. The first-order valence-electron chi connectivity index (χ1n) is 6.15. The summed E-state index contributed by atoms with van der Waals surface area (Å²) in [7, 11) is 3.48. The summed E-state index contributed by atoms with van der Waals surface area (Å²) in [5.41, 5.74) is 0. The maximum Gasteiger partial charge on any atom is 0.228 e. The van der Waals surface area contributed by atoms with Crippen molar-refractivity contribution in [1.82, 2.24) is 9.97 Å². The summed E-state index contributed by atoms with van der Waals surface area (Å²) < 4.78 is 10.7. The molecule has 2 rings (SSSR count). The quantitative estimate of drug-likeness (QED) is 0.819. The van der Waals surface area contributed by atoms with E-state index in [1.165, 1.54) is 0 Å². The van der Waals surface area contributed by atoms with E-state index < -0.39 is 0 Å².